The van der Waals surface area contributed by atoms with Gasteiger partial charge in [-0.1, -0.05) is 6.07 Å². The van der Waals surface area contributed by atoms with Crippen molar-refractivity contribution in [1.29, 1.82) is 0 Å². The van der Waals surface area contributed by atoms with Gasteiger partial charge in [0.15, 0.2) is 5.58 Å². The molecule has 3 aromatic rings. The molecule has 2 aromatic heterocycles. The van der Waals surface area contributed by atoms with E-state index >= 15 is 0 Å². The number of rotatable bonds is 2. The molecular weight excluding hydrogens is 236 g/mol. The number of aromatic nitrogens is 1. The number of oxazole rings is 1. The van der Waals surface area contributed by atoms with Crippen molar-refractivity contribution in [3.05, 3.63) is 56.7 Å². The van der Waals surface area contributed by atoms with Crippen LogP contribution in [-0.4, -0.2) is 4.98 Å². The van der Waals surface area contributed by atoms with Gasteiger partial charge in [0.05, 0.1) is 11.6 Å². The number of nitrogens with two attached hydrogens (primary N) is 1. The molecule has 0 saturated carbocycles. The molecule has 86 valence electrons. The second-order valence-electron chi connectivity index (χ2n) is 3.80. The van der Waals surface area contributed by atoms with Crippen LogP contribution >= 0.6 is 11.3 Å². The van der Waals surface area contributed by atoms with Crippen LogP contribution in [0, 0.1) is 0 Å². The lowest BCUT2D eigenvalue weighted by Gasteiger charge is -2.09. The van der Waals surface area contributed by atoms with Gasteiger partial charge in [-0.15, -0.1) is 0 Å². The summed E-state index contributed by atoms with van der Waals surface area (Å²) >= 11 is 1.61. The van der Waals surface area contributed by atoms with E-state index in [2.05, 4.69) is 4.98 Å². The molecule has 1 atom stereocenters. The van der Waals surface area contributed by atoms with Crippen molar-refractivity contribution in [1.82, 2.24) is 4.98 Å². The monoisotopic (exact) mass is 246 g/mol. The lowest BCUT2D eigenvalue weighted by Crippen LogP contribution is -2.10. The zero-order valence-corrected chi connectivity index (χ0v) is 9.66. The van der Waals surface area contributed by atoms with Crippen molar-refractivity contribution in [3.63, 3.8) is 0 Å². The van der Waals surface area contributed by atoms with E-state index in [1.54, 1.807) is 17.4 Å². The maximum absolute atomic E-state index is 11.0. The van der Waals surface area contributed by atoms with E-state index in [1.807, 2.05) is 29.0 Å². The van der Waals surface area contributed by atoms with E-state index in [-0.39, 0.29) is 6.04 Å². The fraction of sp³-hybridized carbons (Fsp3) is 0.0833. The maximum Gasteiger partial charge on any atom is 0.417 e. The zero-order chi connectivity index (χ0) is 11.8. The van der Waals surface area contributed by atoms with E-state index in [0.717, 1.165) is 11.1 Å². The number of benzene rings is 1. The molecule has 3 N–H and O–H groups in total. The first-order chi connectivity index (χ1) is 8.24. The minimum absolute atomic E-state index is 0.189. The average Bonchev–Trinajstić information content (AvgIpc) is 2.94. The quantitative estimate of drug-likeness (QED) is 0.728. The summed E-state index contributed by atoms with van der Waals surface area (Å²) in [5.74, 6) is -0.443. The highest BCUT2D eigenvalue weighted by Gasteiger charge is 2.11. The van der Waals surface area contributed by atoms with Crippen LogP contribution in [0.25, 0.3) is 11.1 Å². The second kappa shape index (κ2) is 3.87. The van der Waals surface area contributed by atoms with Crippen LogP contribution in [0.5, 0.6) is 0 Å². The number of hydrogen-bond acceptors (Lipinski definition) is 4. The molecule has 0 aliphatic heterocycles. The van der Waals surface area contributed by atoms with E-state index in [0.29, 0.717) is 11.1 Å². The number of hydrogen-bond donors (Lipinski definition) is 2. The van der Waals surface area contributed by atoms with Gasteiger partial charge in [0, 0.05) is 0 Å². The van der Waals surface area contributed by atoms with E-state index in [9.17, 15) is 4.79 Å². The smallest absolute Gasteiger partial charge is 0.408 e. The average molecular weight is 246 g/mol. The SMILES string of the molecule is NC(c1ccsc1)c1ccc2[nH]c(=O)oc2c1. The molecule has 5 heteroatoms. The number of aromatic amines is 1. The highest BCUT2D eigenvalue weighted by Crippen LogP contribution is 2.24. The molecule has 2 heterocycles. The Morgan fingerprint density at radius 2 is 2.18 bits per heavy atom. The number of thiophene rings is 1. The van der Waals surface area contributed by atoms with Crippen molar-refractivity contribution >= 4 is 22.4 Å². The summed E-state index contributed by atoms with van der Waals surface area (Å²) in [4.78, 5) is 13.6. The van der Waals surface area contributed by atoms with Gasteiger partial charge < -0.3 is 10.2 Å². The Morgan fingerprint density at radius 3 is 2.94 bits per heavy atom. The predicted octanol–water partition coefficient (Wildman–Crippen LogP) is 2.23. The second-order valence-corrected chi connectivity index (χ2v) is 4.58. The van der Waals surface area contributed by atoms with Gasteiger partial charge in [0.1, 0.15) is 0 Å². The van der Waals surface area contributed by atoms with Crippen molar-refractivity contribution in [3.8, 4) is 0 Å². The van der Waals surface area contributed by atoms with Crippen LogP contribution in [0.3, 0.4) is 0 Å². The summed E-state index contributed by atoms with van der Waals surface area (Å²) in [6.07, 6.45) is 0. The van der Waals surface area contributed by atoms with Gasteiger partial charge in [-0.05, 0) is 40.1 Å². The third-order valence-corrected chi connectivity index (χ3v) is 3.41. The van der Waals surface area contributed by atoms with Gasteiger partial charge in [-0.25, -0.2) is 4.79 Å². The minimum atomic E-state index is -0.443. The van der Waals surface area contributed by atoms with Gasteiger partial charge in [0.25, 0.3) is 0 Å². The minimum Gasteiger partial charge on any atom is -0.408 e. The van der Waals surface area contributed by atoms with Crippen molar-refractivity contribution < 1.29 is 4.42 Å². The van der Waals surface area contributed by atoms with Gasteiger partial charge in [-0.3, -0.25) is 4.98 Å². The van der Waals surface area contributed by atoms with Crippen LogP contribution in [0.15, 0.2) is 44.2 Å². The van der Waals surface area contributed by atoms with Crippen LogP contribution in [-0.2, 0) is 0 Å². The van der Waals surface area contributed by atoms with Crippen molar-refractivity contribution in [2.75, 3.05) is 0 Å². The van der Waals surface area contributed by atoms with Crippen LogP contribution in [0.2, 0.25) is 0 Å². The fourth-order valence-electron chi connectivity index (χ4n) is 1.80. The van der Waals surface area contributed by atoms with Crippen LogP contribution in [0.1, 0.15) is 17.2 Å². The normalized spacial score (nSPS) is 13.0. The number of nitrogens with one attached hydrogen (secondary N) is 1. The lowest BCUT2D eigenvalue weighted by atomic mass is 10.0. The summed E-state index contributed by atoms with van der Waals surface area (Å²) in [5, 5.41) is 4.01. The zero-order valence-electron chi connectivity index (χ0n) is 8.84. The summed E-state index contributed by atoms with van der Waals surface area (Å²) < 4.78 is 5.01. The molecule has 0 aliphatic carbocycles. The third-order valence-electron chi connectivity index (χ3n) is 2.71. The molecule has 0 amide bonds. The lowest BCUT2D eigenvalue weighted by molar-refractivity contribution is 0.555. The Bertz CT molecular complexity index is 697. The Hall–Kier alpha value is -1.85. The molecule has 0 bridgehead atoms. The first-order valence-corrected chi connectivity index (χ1v) is 6.09. The van der Waals surface area contributed by atoms with Gasteiger partial charge in [0.2, 0.25) is 0 Å². The highest BCUT2D eigenvalue weighted by molar-refractivity contribution is 7.08. The summed E-state index contributed by atoms with van der Waals surface area (Å²) in [6, 6.07) is 7.31. The molecule has 0 fully saturated rings. The molecule has 0 radical (unpaired) electrons. The summed E-state index contributed by atoms with van der Waals surface area (Å²) in [5.41, 5.74) is 9.36. The van der Waals surface area contributed by atoms with Crippen LogP contribution in [0.4, 0.5) is 0 Å². The maximum atomic E-state index is 11.0. The van der Waals surface area contributed by atoms with E-state index in [4.69, 9.17) is 10.2 Å². The van der Waals surface area contributed by atoms with Crippen molar-refractivity contribution in [2.24, 2.45) is 5.73 Å². The third kappa shape index (κ3) is 1.79. The number of H-pyrrole nitrogens is 1. The number of fused-ring (bicyclic) bond motifs is 1. The first kappa shape index (κ1) is 10.3. The molecule has 0 aliphatic rings. The van der Waals surface area contributed by atoms with Crippen LogP contribution < -0.4 is 11.5 Å². The molecule has 1 unspecified atom stereocenters. The molecule has 0 saturated heterocycles. The molecule has 1 aromatic carbocycles. The standard InChI is InChI=1S/C12H10N2O2S/c13-11(8-3-4-17-6-8)7-1-2-9-10(5-7)16-12(15)14-9/h1-6,11H,13H2,(H,14,15). The Labute approximate surface area is 101 Å². The van der Waals surface area contributed by atoms with Crippen molar-refractivity contribution in [2.45, 2.75) is 6.04 Å². The first-order valence-electron chi connectivity index (χ1n) is 5.14. The molecule has 0 spiro atoms. The van der Waals surface area contributed by atoms with E-state index < -0.39 is 5.76 Å². The molecule has 4 nitrogen and oxygen atoms in total. The molecule has 3 rings (SSSR count). The fourth-order valence-corrected chi connectivity index (χ4v) is 2.50. The topological polar surface area (TPSA) is 72.0 Å². The predicted molar refractivity (Wildman–Crippen MR) is 67.2 cm³/mol. The molecule has 17 heavy (non-hydrogen) atoms. The Morgan fingerprint density at radius 1 is 1.29 bits per heavy atom. The van der Waals surface area contributed by atoms with E-state index in [1.165, 1.54) is 0 Å². The van der Waals surface area contributed by atoms with Gasteiger partial charge >= 0.3 is 5.76 Å². The largest absolute Gasteiger partial charge is 0.417 e. The molecular formula is C12H10N2O2S. The summed E-state index contributed by atoms with van der Waals surface area (Å²) in [7, 11) is 0. The highest BCUT2D eigenvalue weighted by atomic mass is 32.1. The Kier molecular flexibility index (Phi) is 2.35. The Balaban J connectivity index is 2.08. The summed E-state index contributed by atoms with van der Waals surface area (Å²) in [6.45, 7) is 0. The van der Waals surface area contributed by atoms with Gasteiger partial charge in [-0.2, -0.15) is 11.3 Å².